The molecule has 2 heterocycles. The van der Waals surface area contributed by atoms with Gasteiger partial charge in [0.05, 0.1) is 16.4 Å². The van der Waals surface area contributed by atoms with Crippen LogP contribution in [0.25, 0.3) is 0 Å². The molecule has 0 fully saturated rings. The van der Waals surface area contributed by atoms with E-state index in [1.165, 1.54) is 0 Å². The topological polar surface area (TPSA) is 81.8 Å². The summed E-state index contributed by atoms with van der Waals surface area (Å²) in [5.41, 5.74) is 1.90. The first-order chi connectivity index (χ1) is 10.9. The van der Waals surface area contributed by atoms with Crippen LogP contribution in [0.2, 0.25) is 5.02 Å². The average Bonchev–Trinajstić information content (AvgIpc) is 3.05. The van der Waals surface area contributed by atoms with Crippen molar-refractivity contribution in [2.75, 3.05) is 6.54 Å². The van der Waals surface area contributed by atoms with Crippen molar-refractivity contribution in [1.29, 1.82) is 0 Å². The lowest BCUT2D eigenvalue weighted by Crippen LogP contribution is -2.25. The van der Waals surface area contributed by atoms with Gasteiger partial charge in [0.25, 0.3) is 5.91 Å². The minimum atomic E-state index is -0.410. The molecule has 0 unspecified atom stereocenters. The number of hydrogen-bond donors (Lipinski definition) is 1. The highest BCUT2D eigenvalue weighted by Crippen LogP contribution is 2.18. The van der Waals surface area contributed by atoms with Crippen molar-refractivity contribution in [2.45, 2.75) is 33.4 Å². The van der Waals surface area contributed by atoms with Gasteiger partial charge in [-0.3, -0.25) is 14.3 Å². The fraction of sp³-hybridized carbons (Fsp3) is 0.429. The van der Waals surface area contributed by atoms with Gasteiger partial charge in [0, 0.05) is 19.2 Å². The second-order valence-corrected chi connectivity index (χ2v) is 5.88. The number of aromatic nitrogens is 4. The molecule has 2 rings (SSSR count). The first-order valence-corrected chi connectivity index (χ1v) is 7.83. The molecule has 0 aliphatic heterocycles. The van der Waals surface area contributed by atoms with Crippen LogP contribution in [0.5, 0.6) is 0 Å². The molecule has 2 aromatic heterocycles. The van der Waals surface area contributed by atoms with Crippen LogP contribution >= 0.6 is 23.2 Å². The van der Waals surface area contributed by atoms with Crippen molar-refractivity contribution in [3.05, 3.63) is 34.4 Å². The quantitative estimate of drug-likeness (QED) is 0.607. The zero-order valence-electron chi connectivity index (χ0n) is 12.8. The minimum Gasteiger partial charge on any atom is -0.351 e. The number of amides is 1. The predicted octanol–water partition coefficient (Wildman–Crippen LogP) is 2.13. The number of aryl methyl sites for hydroxylation is 1. The average molecular weight is 358 g/mol. The van der Waals surface area contributed by atoms with Gasteiger partial charge < -0.3 is 5.32 Å². The van der Waals surface area contributed by atoms with E-state index in [4.69, 9.17) is 23.2 Å². The van der Waals surface area contributed by atoms with Gasteiger partial charge in [-0.05, 0) is 37.9 Å². The summed E-state index contributed by atoms with van der Waals surface area (Å²) in [6, 6.07) is 1.62. The molecule has 0 spiro atoms. The Hall–Kier alpha value is -1.86. The maximum Gasteiger partial charge on any atom is 0.271 e. The van der Waals surface area contributed by atoms with Crippen LogP contribution in [-0.4, -0.2) is 37.3 Å². The molecule has 9 heteroatoms. The summed E-state index contributed by atoms with van der Waals surface area (Å²) in [5.74, 6) is -0.294. The van der Waals surface area contributed by atoms with E-state index in [1.807, 2.05) is 13.8 Å². The van der Waals surface area contributed by atoms with Crippen molar-refractivity contribution in [3.8, 4) is 0 Å². The Morgan fingerprint density at radius 2 is 2.04 bits per heavy atom. The van der Waals surface area contributed by atoms with E-state index in [2.05, 4.69) is 15.5 Å². The lowest BCUT2D eigenvalue weighted by Gasteiger charge is -2.05. The number of nitrogens with zero attached hydrogens (tertiary/aromatic N) is 4. The second-order valence-electron chi connectivity index (χ2n) is 5.08. The smallest absolute Gasteiger partial charge is 0.271 e. The third kappa shape index (κ3) is 4.56. The summed E-state index contributed by atoms with van der Waals surface area (Å²) in [4.78, 5) is 22.5. The largest absolute Gasteiger partial charge is 0.351 e. The van der Waals surface area contributed by atoms with E-state index in [0.717, 1.165) is 11.4 Å². The van der Waals surface area contributed by atoms with Crippen LogP contribution in [-0.2, 0) is 11.5 Å². The maximum absolute atomic E-state index is 11.9. The zero-order valence-corrected chi connectivity index (χ0v) is 14.4. The molecule has 0 aliphatic carbocycles. The molecular formula is C14H17Cl2N5O2. The molecule has 0 radical (unpaired) electrons. The van der Waals surface area contributed by atoms with Crippen LogP contribution in [0.15, 0.2) is 12.3 Å². The number of hydrogen-bond acceptors (Lipinski definition) is 4. The van der Waals surface area contributed by atoms with Crippen molar-refractivity contribution in [2.24, 2.45) is 0 Å². The molecule has 2 aromatic rings. The van der Waals surface area contributed by atoms with Gasteiger partial charge in [-0.2, -0.15) is 10.2 Å². The Morgan fingerprint density at radius 1 is 1.30 bits per heavy atom. The van der Waals surface area contributed by atoms with E-state index in [1.54, 1.807) is 21.6 Å². The standard InChI is InChI=1S/C14H17Cl2N5O2/c1-9-13(16)10(2)21(18-9)8-20-7-5-11(19-20)14(23)17-6-3-4-12(15)22/h5,7H,3-4,6,8H2,1-2H3,(H,17,23). The number of halogens is 2. The van der Waals surface area contributed by atoms with Crippen molar-refractivity contribution in [1.82, 2.24) is 24.9 Å². The minimum absolute atomic E-state index is 0.231. The van der Waals surface area contributed by atoms with E-state index >= 15 is 0 Å². The van der Waals surface area contributed by atoms with Gasteiger partial charge in [0.15, 0.2) is 0 Å². The third-order valence-corrected chi connectivity index (χ3v) is 4.02. The van der Waals surface area contributed by atoms with Crippen molar-refractivity contribution in [3.63, 3.8) is 0 Å². The SMILES string of the molecule is Cc1nn(Cn2ccc(C(=O)NCCCC(=O)Cl)n2)c(C)c1Cl. The first kappa shape index (κ1) is 17.5. The number of carbonyl (C=O) groups excluding carboxylic acids is 2. The monoisotopic (exact) mass is 357 g/mol. The highest BCUT2D eigenvalue weighted by molar-refractivity contribution is 6.63. The molecule has 1 N–H and O–H groups in total. The third-order valence-electron chi connectivity index (χ3n) is 3.28. The summed E-state index contributed by atoms with van der Waals surface area (Å²) >= 11 is 11.3. The predicted molar refractivity (Wildman–Crippen MR) is 86.8 cm³/mol. The van der Waals surface area contributed by atoms with Gasteiger partial charge in [0.1, 0.15) is 12.4 Å². The molecule has 0 aliphatic rings. The highest BCUT2D eigenvalue weighted by atomic mass is 35.5. The maximum atomic E-state index is 11.9. The molecular weight excluding hydrogens is 341 g/mol. The summed E-state index contributed by atoms with van der Waals surface area (Å²) in [6.45, 7) is 4.45. The molecule has 0 saturated carbocycles. The Labute approximate surface area is 143 Å². The normalized spacial score (nSPS) is 10.8. The summed E-state index contributed by atoms with van der Waals surface area (Å²) in [5, 5.41) is 11.4. The van der Waals surface area contributed by atoms with Gasteiger partial charge in [-0.1, -0.05) is 11.6 Å². The molecule has 1 amide bonds. The summed E-state index contributed by atoms with van der Waals surface area (Å²) in [6.07, 6.45) is 2.43. The molecule has 7 nitrogen and oxygen atoms in total. The Morgan fingerprint density at radius 3 is 2.65 bits per heavy atom. The lowest BCUT2D eigenvalue weighted by atomic mass is 10.3. The highest BCUT2D eigenvalue weighted by Gasteiger charge is 2.12. The van der Waals surface area contributed by atoms with Crippen LogP contribution in [0, 0.1) is 13.8 Å². The van der Waals surface area contributed by atoms with Crippen LogP contribution in [0.1, 0.15) is 34.7 Å². The fourth-order valence-electron chi connectivity index (χ4n) is 2.03. The van der Waals surface area contributed by atoms with Gasteiger partial charge in [-0.25, -0.2) is 4.68 Å². The van der Waals surface area contributed by atoms with Gasteiger partial charge >= 0.3 is 0 Å². The molecule has 0 atom stereocenters. The summed E-state index contributed by atoms with van der Waals surface area (Å²) < 4.78 is 3.32. The molecule has 124 valence electrons. The first-order valence-electron chi connectivity index (χ1n) is 7.08. The summed E-state index contributed by atoms with van der Waals surface area (Å²) in [7, 11) is 0. The van der Waals surface area contributed by atoms with E-state index in [9.17, 15) is 9.59 Å². The number of rotatable bonds is 7. The number of nitrogens with one attached hydrogen (secondary N) is 1. The van der Waals surface area contributed by atoms with Gasteiger partial charge in [-0.15, -0.1) is 0 Å². The Balaban J connectivity index is 1.93. The van der Waals surface area contributed by atoms with E-state index < -0.39 is 5.24 Å². The molecule has 0 bridgehead atoms. The zero-order chi connectivity index (χ0) is 17.0. The van der Waals surface area contributed by atoms with Gasteiger partial charge in [0.2, 0.25) is 5.24 Å². The van der Waals surface area contributed by atoms with Crippen LogP contribution in [0.3, 0.4) is 0 Å². The van der Waals surface area contributed by atoms with E-state index in [0.29, 0.717) is 30.4 Å². The van der Waals surface area contributed by atoms with Crippen molar-refractivity contribution >= 4 is 34.4 Å². The Bertz CT molecular complexity index is 723. The van der Waals surface area contributed by atoms with Crippen molar-refractivity contribution < 1.29 is 9.59 Å². The molecule has 0 aromatic carbocycles. The second kappa shape index (κ2) is 7.61. The Kier molecular flexibility index (Phi) is 5.79. The van der Waals surface area contributed by atoms with Crippen LogP contribution in [0.4, 0.5) is 0 Å². The van der Waals surface area contributed by atoms with E-state index in [-0.39, 0.29) is 12.3 Å². The lowest BCUT2D eigenvalue weighted by molar-refractivity contribution is -0.111. The number of carbonyl (C=O) groups is 2. The molecule has 0 saturated heterocycles. The molecule has 23 heavy (non-hydrogen) atoms. The van der Waals surface area contributed by atoms with Crippen LogP contribution < -0.4 is 5.32 Å². The fourth-order valence-corrected chi connectivity index (χ4v) is 2.30.